The molecule has 1 rings (SSSR count). The van der Waals surface area contributed by atoms with Crippen molar-refractivity contribution in [1.82, 2.24) is 0 Å². The number of hydrogen-bond donors (Lipinski definition) is 4. The monoisotopic (exact) mass is 794 g/mol. The number of unbranched alkanes of at least 4 members (excludes halogenated alkanes) is 3. The summed E-state index contributed by atoms with van der Waals surface area (Å²) in [5.74, 6) is -0.968. The second kappa shape index (κ2) is 36.4. The predicted octanol–water partition coefficient (Wildman–Crippen LogP) is 8.32. The van der Waals surface area contributed by atoms with Gasteiger partial charge in [0, 0.05) is 12.8 Å². The van der Waals surface area contributed by atoms with E-state index in [0.717, 1.165) is 64.2 Å². The van der Waals surface area contributed by atoms with Gasteiger partial charge in [0.1, 0.15) is 31.0 Å². The molecule has 0 aliphatic carbocycles. The number of allylic oxidation sites excluding steroid dienone is 20. The smallest absolute Gasteiger partial charge is 0.306 e. The summed E-state index contributed by atoms with van der Waals surface area (Å²) >= 11 is 0. The van der Waals surface area contributed by atoms with E-state index < -0.39 is 55.4 Å². The Hall–Kier alpha value is -3.90. The molecule has 1 fully saturated rings. The molecule has 6 atom stereocenters. The van der Waals surface area contributed by atoms with Crippen molar-refractivity contribution in [1.29, 1.82) is 0 Å². The van der Waals surface area contributed by atoms with E-state index in [0.29, 0.717) is 12.8 Å². The van der Waals surface area contributed by atoms with Gasteiger partial charge in [-0.25, -0.2) is 0 Å². The molecule has 0 aromatic carbocycles. The van der Waals surface area contributed by atoms with Crippen LogP contribution in [0, 0.1) is 0 Å². The van der Waals surface area contributed by atoms with Gasteiger partial charge in [-0.05, 0) is 70.6 Å². The molecular formula is C47H70O10. The van der Waals surface area contributed by atoms with Crippen LogP contribution < -0.4 is 0 Å². The highest BCUT2D eigenvalue weighted by molar-refractivity contribution is 5.70. The number of carbonyl (C=O) groups excluding carboxylic acids is 2. The average molecular weight is 795 g/mol. The molecule has 1 saturated heterocycles. The van der Waals surface area contributed by atoms with Crippen LogP contribution in [0.5, 0.6) is 0 Å². The molecule has 0 aromatic heterocycles. The SMILES string of the molecule is CC/C=C/C=C/C=C/C=C/CCCCCC(=O)OC(COC(=O)CC/C=C/C/C=C/C/C=C/C/C=C/C/C=C/C/C=C/CC)CO[C@H]1O[C@@H](CO)[C@@H](O)C(O)C1O. The Labute approximate surface area is 342 Å². The lowest BCUT2D eigenvalue weighted by atomic mass is 9.99. The molecular weight excluding hydrogens is 725 g/mol. The van der Waals surface area contributed by atoms with Crippen LogP contribution >= 0.6 is 0 Å². The zero-order valence-electron chi connectivity index (χ0n) is 34.3. The Balaban J connectivity index is 2.46. The van der Waals surface area contributed by atoms with E-state index in [1.54, 1.807) is 0 Å². The summed E-state index contributed by atoms with van der Waals surface area (Å²) in [5.41, 5.74) is 0. The fourth-order valence-corrected chi connectivity index (χ4v) is 5.22. The highest BCUT2D eigenvalue weighted by Gasteiger charge is 2.44. The molecule has 0 bridgehead atoms. The van der Waals surface area contributed by atoms with Gasteiger partial charge in [0.15, 0.2) is 12.4 Å². The van der Waals surface area contributed by atoms with Gasteiger partial charge in [-0.15, -0.1) is 0 Å². The molecule has 1 aliphatic rings. The van der Waals surface area contributed by atoms with Gasteiger partial charge in [0.25, 0.3) is 0 Å². The number of esters is 2. The lowest BCUT2D eigenvalue weighted by Crippen LogP contribution is -2.59. The van der Waals surface area contributed by atoms with Crippen LogP contribution in [-0.2, 0) is 28.5 Å². The minimum absolute atomic E-state index is 0.133. The van der Waals surface area contributed by atoms with Crippen LogP contribution in [0.4, 0.5) is 0 Å². The van der Waals surface area contributed by atoms with E-state index in [-0.39, 0.29) is 26.1 Å². The Bertz CT molecular complexity index is 1330. The van der Waals surface area contributed by atoms with E-state index in [2.05, 4.69) is 86.8 Å². The van der Waals surface area contributed by atoms with Gasteiger partial charge in [0.05, 0.1) is 13.2 Å². The summed E-state index contributed by atoms with van der Waals surface area (Å²) in [6.45, 7) is 3.00. The van der Waals surface area contributed by atoms with Crippen molar-refractivity contribution in [3.63, 3.8) is 0 Å². The maximum Gasteiger partial charge on any atom is 0.306 e. The van der Waals surface area contributed by atoms with Crippen LogP contribution in [0.3, 0.4) is 0 Å². The molecule has 0 aromatic rings. The molecule has 0 spiro atoms. The van der Waals surface area contributed by atoms with Crippen molar-refractivity contribution in [2.24, 2.45) is 0 Å². The van der Waals surface area contributed by atoms with Crippen LogP contribution in [0.15, 0.2) is 122 Å². The van der Waals surface area contributed by atoms with Crippen molar-refractivity contribution in [3.05, 3.63) is 122 Å². The number of aliphatic hydroxyl groups excluding tert-OH is 4. The van der Waals surface area contributed by atoms with Crippen molar-refractivity contribution in [2.45, 2.75) is 141 Å². The molecule has 0 saturated carbocycles. The number of hydrogen-bond acceptors (Lipinski definition) is 10. The molecule has 4 N–H and O–H groups in total. The quantitative estimate of drug-likeness (QED) is 0.0233. The third-order valence-electron chi connectivity index (χ3n) is 8.45. The van der Waals surface area contributed by atoms with E-state index >= 15 is 0 Å². The lowest BCUT2D eigenvalue weighted by molar-refractivity contribution is -0.305. The van der Waals surface area contributed by atoms with E-state index in [1.807, 2.05) is 48.6 Å². The second-order valence-electron chi connectivity index (χ2n) is 13.4. The molecule has 10 heteroatoms. The van der Waals surface area contributed by atoms with Crippen LogP contribution in [0.2, 0.25) is 0 Å². The van der Waals surface area contributed by atoms with Crippen molar-refractivity contribution in [2.75, 3.05) is 19.8 Å². The lowest BCUT2D eigenvalue weighted by Gasteiger charge is -2.39. The molecule has 0 amide bonds. The summed E-state index contributed by atoms with van der Waals surface area (Å²) in [6.07, 6.45) is 43.7. The first-order valence-electron chi connectivity index (χ1n) is 20.7. The van der Waals surface area contributed by atoms with E-state index in [1.165, 1.54) is 0 Å². The molecule has 10 nitrogen and oxygen atoms in total. The summed E-state index contributed by atoms with van der Waals surface area (Å²) in [6, 6.07) is 0. The second-order valence-corrected chi connectivity index (χ2v) is 13.4. The Morgan fingerprint density at radius 3 is 1.68 bits per heavy atom. The van der Waals surface area contributed by atoms with E-state index in [9.17, 15) is 30.0 Å². The van der Waals surface area contributed by atoms with Gasteiger partial charge < -0.3 is 39.4 Å². The van der Waals surface area contributed by atoms with Crippen molar-refractivity contribution < 1.29 is 49.0 Å². The fraction of sp³-hybridized carbons (Fsp3) is 0.532. The van der Waals surface area contributed by atoms with Gasteiger partial charge in [-0.3, -0.25) is 9.59 Å². The minimum Gasteiger partial charge on any atom is -0.462 e. The zero-order valence-corrected chi connectivity index (χ0v) is 34.3. The normalized spacial score (nSPS) is 21.5. The molecule has 318 valence electrons. The highest BCUT2D eigenvalue weighted by Crippen LogP contribution is 2.22. The number of ether oxygens (including phenoxy) is 4. The van der Waals surface area contributed by atoms with Gasteiger partial charge >= 0.3 is 11.9 Å². The largest absolute Gasteiger partial charge is 0.462 e. The Morgan fingerprint density at radius 2 is 1.11 bits per heavy atom. The summed E-state index contributed by atoms with van der Waals surface area (Å²) < 4.78 is 22.0. The molecule has 57 heavy (non-hydrogen) atoms. The Kier molecular flexibility index (Phi) is 32.7. The van der Waals surface area contributed by atoms with Crippen LogP contribution in [0.1, 0.15) is 104 Å². The first-order valence-corrected chi connectivity index (χ1v) is 20.7. The molecule has 1 aliphatic heterocycles. The van der Waals surface area contributed by atoms with Gasteiger partial charge in [0.2, 0.25) is 0 Å². The molecule has 0 radical (unpaired) electrons. The Morgan fingerprint density at radius 1 is 0.561 bits per heavy atom. The maximum atomic E-state index is 12.7. The van der Waals surface area contributed by atoms with E-state index in [4.69, 9.17) is 18.9 Å². The maximum absolute atomic E-state index is 12.7. The fourth-order valence-electron chi connectivity index (χ4n) is 5.22. The topological polar surface area (TPSA) is 152 Å². The average Bonchev–Trinajstić information content (AvgIpc) is 3.21. The number of aliphatic hydroxyl groups is 4. The minimum atomic E-state index is -1.62. The summed E-state index contributed by atoms with van der Waals surface area (Å²) in [7, 11) is 0. The highest BCUT2D eigenvalue weighted by atomic mass is 16.7. The number of rotatable bonds is 31. The molecule has 3 unspecified atom stereocenters. The zero-order chi connectivity index (χ0) is 41.6. The molecule has 1 heterocycles. The third-order valence-corrected chi connectivity index (χ3v) is 8.45. The van der Waals surface area contributed by atoms with Gasteiger partial charge in [-0.1, -0.05) is 142 Å². The van der Waals surface area contributed by atoms with Crippen LogP contribution in [0.25, 0.3) is 0 Å². The first kappa shape index (κ1) is 51.1. The first-order chi connectivity index (χ1) is 27.8. The van der Waals surface area contributed by atoms with Gasteiger partial charge in [-0.2, -0.15) is 0 Å². The number of carbonyl (C=O) groups is 2. The van der Waals surface area contributed by atoms with Crippen molar-refractivity contribution >= 4 is 11.9 Å². The van der Waals surface area contributed by atoms with Crippen LogP contribution in [-0.4, -0.2) is 89.0 Å². The standard InChI is InChI=1S/C47H70O10/c1-3-5-7-9-11-13-15-17-18-19-20-21-22-24-25-27-29-31-33-35-42(49)54-38-40(39-55-47-46(53)45(52)44(51)41(37-48)57-47)56-43(50)36-34-32-30-28-26-23-16-14-12-10-8-6-4-2/h5-8,10-14,16-18,20-21,23-26,29,31,40-41,44-48,51-53H,3-4,9,15,19,22,27-28,30,32-39H2,1-2H3/b7-5+,8-6+,12-10+,13-11+,16-14+,18-17+,21-20+,25-24+,26-23+,31-29+/t40?,41-,44+,45?,46?,47-/m0/s1. The predicted molar refractivity (Wildman–Crippen MR) is 228 cm³/mol. The summed E-state index contributed by atoms with van der Waals surface area (Å²) in [4.78, 5) is 25.2. The van der Waals surface area contributed by atoms with Crippen molar-refractivity contribution in [3.8, 4) is 0 Å². The summed E-state index contributed by atoms with van der Waals surface area (Å²) in [5, 5.41) is 40.0. The third kappa shape index (κ3) is 28.2.